The molecule has 4 aromatic rings. The summed E-state index contributed by atoms with van der Waals surface area (Å²) in [4.78, 5) is 44.2. The van der Waals surface area contributed by atoms with Crippen molar-refractivity contribution in [3.63, 3.8) is 0 Å². The quantitative estimate of drug-likeness (QED) is 0.136. The van der Waals surface area contributed by atoms with E-state index >= 15 is 0 Å². The van der Waals surface area contributed by atoms with Gasteiger partial charge in [-0.1, -0.05) is 24.3 Å². The first kappa shape index (κ1) is 35.7. The van der Waals surface area contributed by atoms with E-state index in [1.807, 2.05) is 31.2 Å². The molecule has 1 saturated heterocycles. The molecule has 1 aliphatic heterocycles. The molecule has 1 saturated carbocycles. The summed E-state index contributed by atoms with van der Waals surface area (Å²) in [5.74, 6) is -3.21. The fourth-order valence-electron chi connectivity index (χ4n) is 6.71. The Balaban J connectivity index is 1.13. The Kier molecular flexibility index (Phi) is 11.1. The van der Waals surface area contributed by atoms with Gasteiger partial charge < -0.3 is 27.0 Å². The fourth-order valence-corrected chi connectivity index (χ4v) is 6.71. The third kappa shape index (κ3) is 9.15. The maximum atomic E-state index is 13.8. The van der Waals surface area contributed by atoms with Crippen LogP contribution in [0.15, 0.2) is 60.8 Å². The third-order valence-electron chi connectivity index (χ3n) is 9.64. The number of aromatic nitrogens is 5. The van der Waals surface area contributed by atoms with Gasteiger partial charge in [0.2, 0.25) is 17.6 Å². The highest BCUT2D eigenvalue weighted by Crippen LogP contribution is 2.29. The monoisotopic (exact) mass is 700 g/mol. The van der Waals surface area contributed by atoms with E-state index in [1.54, 1.807) is 36.5 Å². The van der Waals surface area contributed by atoms with Crippen LogP contribution in [0.2, 0.25) is 0 Å². The predicted molar refractivity (Wildman–Crippen MR) is 186 cm³/mol. The molecule has 2 aliphatic rings. The van der Waals surface area contributed by atoms with Gasteiger partial charge in [0.1, 0.15) is 11.7 Å². The number of rotatable bonds is 11. The summed E-state index contributed by atoms with van der Waals surface area (Å²) in [5.41, 5.74) is 10.5. The average molecular weight is 701 g/mol. The first-order valence-corrected chi connectivity index (χ1v) is 17.2. The molecule has 2 aromatic carbocycles. The van der Waals surface area contributed by atoms with Crippen molar-refractivity contribution in [2.24, 2.45) is 17.6 Å². The smallest absolute Gasteiger partial charge is 0.270 e. The first-order valence-electron chi connectivity index (χ1n) is 17.2. The van der Waals surface area contributed by atoms with E-state index in [-0.39, 0.29) is 36.4 Å². The number of alkyl halides is 2. The van der Waals surface area contributed by atoms with E-state index in [0.29, 0.717) is 24.0 Å². The van der Waals surface area contributed by atoms with Crippen molar-refractivity contribution in [2.75, 3.05) is 25.0 Å². The van der Waals surface area contributed by atoms with Gasteiger partial charge in [-0.3, -0.25) is 19.4 Å². The maximum Gasteiger partial charge on any atom is 0.270 e. The van der Waals surface area contributed by atoms with Gasteiger partial charge in [-0.2, -0.15) is 5.21 Å². The molecule has 2 atom stereocenters. The van der Waals surface area contributed by atoms with Crippen LogP contribution in [0.3, 0.4) is 0 Å². The number of nitrogens with two attached hydrogens (primary N) is 1. The van der Waals surface area contributed by atoms with Crippen molar-refractivity contribution in [1.82, 2.24) is 41.6 Å². The van der Waals surface area contributed by atoms with Gasteiger partial charge in [0.15, 0.2) is 0 Å². The number of hydrogen-bond donors (Lipinski definition) is 6. The summed E-state index contributed by atoms with van der Waals surface area (Å²) >= 11 is 0. The number of tetrazole rings is 1. The summed E-state index contributed by atoms with van der Waals surface area (Å²) in [6, 6.07) is 14.7. The largest absolute Gasteiger partial charge is 0.346 e. The van der Waals surface area contributed by atoms with E-state index in [9.17, 15) is 23.2 Å². The molecule has 2 unspecified atom stereocenters. The number of anilines is 1. The molecular weight excluding hydrogens is 658 g/mol. The number of carbonyl (C=O) groups excluding carboxylic acids is 3. The lowest BCUT2D eigenvalue weighted by Crippen LogP contribution is -2.53. The third-order valence-corrected chi connectivity index (χ3v) is 9.64. The molecular formula is C36H42F2N10O3. The SMILES string of the molecule is Cc1cc(C(=O)NC2CNCC(F)(F)C2)ncc1-c1ccc(CC(NC(=O)C2CCC(CN)CC2)C(=O)Nc2ccc(-c3nn[nH]n3)cc2)cc1. The van der Waals surface area contributed by atoms with Crippen LogP contribution in [0.1, 0.15) is 53.7 Å². The van der Waals surface area contributed by atoms with Gasteiger partial charge in [0.25, 0.3) is 11.8 Å². The summed E-state index contributed by atoms with van der Waals surface area (Å²) in [6.45, 7) is 2.33. The number of nitrogens with one attached hydrogen (secondary N) is 5. The second-order valence-electron chi connectivity index (χ2n) is 13.5. The number of carbonyl (C=O) groups is 3. The number of aryl methyl sites for hydroxylation is 1. The minimum atomic E-state index is -2.88. The van der Waals surface area contributed by atoms with Crippen molar-refractivity contribution in [3.05, 3.63) is 77.6 Å². The molecule has 0 bridgehead atoms. The lowest BCUT2D eigenvalue weighted by molar-refractivity contribution is -0.130. The Hall–Kier alpha value is -5.15. The number of H-pyrrole nitrogens is 1. The van der Waals surface area contributed by atoms with Crippen molar-refractivity contribution in [1.29, 1.82) is 0 Å². The topological polar surface area (TPSA) is 193 Å². The van der Waals surface area contributed by atoms with E-state index < -0.39 is 36.9 Å². The summed E-state index contributed by atoms with van der Waals surface area (Å²) in [6.07, 6.45) is 4.65. The zero-order valence-electron chi connectivity index (χ0n) is 28.3. The van der Waals surface area contributed by atoms with Gasteiger partial charge in [-0.15, -0.1) is 10.2 Å². The van der Waals surface area contributed by atoms with Gasteiger partial charge >= 0.3 is 0 Å². The molecule has 51 heavy (non-hydrogen) atoms. The molecule has 0 radical (unpaired) electrons. The molecule has 13 nitrogen and oxygen atoms in total. The van der Waals surface area contributed by atoms with E-state index in [1.165, 1.54) is 0 Å². The Labute approximate surface area is 294 Å². The lowest BCUT2D eigenvalue weighted by Gasteiger charge is -2.30. The van der Waals surface area contributed by atoms with Crippen LogP contribution >= 0.6 is 0 Å². The number of hydrogen-bond acceptors (Lipinski definition) is 9. The lowest BCUT2D eigenvalue weighted by atomic mass is 9.81. The molecule has 15 heteroatoms. The van der Waals surface area contributed by atoms with Crippen molar-refractivity contribution in [3.8, 4) is 22.5 Å². The molecule has 2 aromatic heterocycles. The number of piperidine rings is 1. The molecule has 268 valence electrons. The zero-order valence-corrected chi connectivity index (χ0v) is 28.3. The highest BCUT2D eigenvalue weighted by molar-refractivity contribution is 5.98. The van der Waals surface area contributed by atoms with Crippen LogP contribution in [0.25, 0.3) is 22.5 Å². The molecule has 1 aliphatic carbocycles. The van der Waals surface area contributed by atoms with Crippen LogP contribution in [0.4, 0.5) is 14.5 Å². The van der Waals surface area contributed by atoms with Crippen LogP contribution in [0.5, 0.6) is 0 Å². The molecule has 7 N–H and O–H groups in total. The summed E-state index contributed by atoms with van der Waals surface area (Å²) in [7, 11) is 0. The molecule has 0 spiro atoms. The number of benzene rings is 2. The Morgan fingerprint density at radius 3 is 2.39 bits per heavy atom. The molecule has 6 rings (SSSR count). The van der Waals surface area contributed by atoms with Crippen LogP contribution in [-0.4, -0.2) is 81.0 Å². The van der Waals surface area contributed by atoms with Crippen molar-refractivity contribution in [2.45, 2.75) is 63.5 Å². The molecule has 3 heterocycles. The minimum Gasteiger partial charge on any atom is -0.346 e. The van der Waals surface area contributed by atoms with Gasteiger partial charge in [0.05, 0.1) is 6.54 Å². The number of nitrogens with zero attached hydrogens (tertiary/aromatic N) is 4. The van der Waals surface area contributed by atoms with Gasteiger partial charge in [0, 0.05) is 54.4 Å². The molecule has 2 fully saturated rings. The highest BCUT2D eigenvalue weighted by Gasteiger charge is 2.37. The van der Waals surface area contributed by atoms with Crippen molar-refractivity contribution >= 4 is 23.4 Å². The van der Waals surface area contributed by atoms with Crippen molar-refractivity contribution < 1.29 is 23.2 Å². The summed E-state index contributed by atoms with van der Waals surface area (Å²) in [5, 5.41) is 25.2. The van der Waals surface area contributed by atoms with Gasteiger partial charge in [-0.05, 0) is 97.3 Å². The normalized spacial score (nSPS) is 20.6. The fraction of sp³-hybridized carbons (Fsp3) is 0.417. The predicted octanol–water partition coefficient (Wildman–Crippen LogP) is 3.40. The minimum absolute atomic E-state index is 0.144. The van der Waals surface area contributed by atoms with Crippen LogP contribution in [-0.2, 0) is 16.0 Å². The van der Waals surface area contributed by atoms with Crippen LogP contribution < -0.4 is 27.0 Å². The average Bonchev–Trinajstić information content (AvgIpc) is 3.67. The number of pyridine rings is 1. The Morgan fingerprint density at radius 2 is 1.75 bits per heavy atom. The number of halogens is 2. The van der Waals surface area contributed by atoms with E-state index in [2.05, 4.69) is 46.9 Å². The second kappa shape index (κ2) is 15.8. The molecule has 3 amide bonds. The maximum absolute atomic E-state index is 13.8. The Bertz CT molecular complexity index is 1810. The van der Waals surface area contributed by atoms with E-state index in [4.69, 9.17) is 5.73 Å². The van der Waals surface area contributed by atoms with Crippen LogP contribution in [0, 0.1) is 18.8 Å². The number of amides is 3. The summed E-state index contributed by atoms with van der Waals surface area (Å²) < 4.78 is 27.5. The van der Waals surface area contributed by atoms with E-state index in [0.717, 1.165) is 53.5 Å². The highest BCUT2D eigenvalue weighted by atomic mass is 19.3. The zero-order chi connectivity index (χ0) is 36.0. The number of aromatic amines is 1. The first-order chi connectivity index (χ1) is 24.6. The standard InChI is InChI=1S/C36H42F2N10O3/c1-21-14-30(34(50)43-28-16-36(37,38)20-40-18-28)41-19-29(21)24-6-2-22(3-7-24)15-31(44-33(49)26-8-4-23(17-39)5-9-26)35(51)42-27-12-10-25(11-13-27)32-45-47-48-46-32/h2-3,6-7,10-14,19,23,26,28,31,40H,4-5,8-9,15-18,20,39H2,1H3,(H,42,51)(H,43,50)(H,44,49)(H,45,46,47,48). The second-order valence-corrected chi connectivity index (χ2v) is 13.5. The van der Waals surface area contributed by atoms with Gasteiger partial charge in [-0.25, -0.2) is 8.78 Å². The Morgan fingerprint density at radius 1 is 1.02 bits per heavy atom.